The summed E-state index contributed by atoms with van der Waals surface area (Å²) in [6, 6.07) is 9.13. The zero-order valence-corrected chi connectivity index (χ0v) is 12.4. The monoisotopic (exact) mass is 286 g/mol. The number of nitrogen functional groups attached to an aromatic ring is 1. The molecule has 0 unspecified atom stereocenters. The summed E-state index contributed by atoms with van der Waals surface area (Å²) in [4.78, 5) is 18.2. The number of nitrogens with zero attached hydrogens (tertiary/aromatic N) is 3. The largest absolute Gasteiger partial charge is 0.398 e. The van der Waals surface area contributed by atoms with Crippen LogP contribution in [0.1, 0.15) is 12.1 Å². The number of aryl methyl sites for hydroxylation is 1. The number of pyridine rings is 2. The van der Waals surface area contributed by atoms with Gasteiger partial charge in [-0.2, -0.15) is 0 Å². The maximum atomic E-state index is 11.6. The third-order valence-corrected chi connectivity index (χ3v) is 3.42. The topological polar surface area (TPSA) is 64.2 Å². The average Bonchev–Trinajstić information content (AvgIpc) is 2.50. The quantitative estimate of drug-likeness (QED) is 0.835. The van der Waals surface area contributed by atoms with E-state index in [0.717, 1.165) is 31.6 Å². The molecule has 2 aromatic heterocycles. The molecule has 0 spiro atoms. The second kappa shape index (κ2) is 7.59. The minimum absolute atomic E-state index is 0.000314. The van der Waals surface area contributed by atoms with Gasteiger partial charge in [-0.15, -0.1) is 0 Å². The Kier molecular flexibility index (Phi) is 5.51. The van der Waals surface area contributed by atoms with E-state index in [1.165, 1.54) is 6.07 Å². The predicted octanol–water partition coefficient (Wildman–Crippen LogP) is 1.39. The van der Waals surface area contributed by atoms with Crippen LogP contribution in [0.15, 0.2) is 47.5 Å². The zero-order chi connectivity index (χ0) is 15.1. The van der Waals surface area contributed by atoms with Crippen molar-refractivity contribution in [3.63, 3.8) is 0 Å². The Morgan fingerprint density at radius 2 is 2.10 bits per heavy atom. The number of aromatic nitrogens is 2. The maximum Gasteiger partial charge on any atom is 0.250 e. The van der Waals surface area contributed by atoms with E-state index < -0.39 is 0 Å². The minimum atomic E-state index is 0.000314. The molecule has 2 heterocycles. The molecule has 2 aromatic rings. The van der Waals surface area contributed by atoms with Gasteiger partial charge in [-0.05, 0) is 38.2 Å². The van der Waals surface area contributed by atoms with Gasteiger partial charge < -0.3 is 15.2 Å². The van der Waals surface area contributed by atoms with E-state index >= 15 is 0 Å². The van der Waals surface area contributed by atoms with E-state index in [9.17, 15) is 4.79 Å². The molecule has 0 saturated heterocycles. The van der Waals surface area contributed by atoms with Gasteiger partial charge >= 0.3 is 0 Å². The summed E-state index contributed by atoms with van der Waals surface area (Å²) in [6.45, 7) is 2.59. The van der Waals surface area contributed by atoms with Crippen LogP contribution in [0, 0.1) is 0 Å². The van der Waals surface area contributed by atoms with Crippen LogP contribution in [0.2, 0.25) is 0 Å². The molecule has 0 bridgehead atoms. The minimum Gasteiger partial charge on any atom is -0.398 e. The van der Waals surface area contributed by atoms with Crippen LogP contribution in [-0.2, 0) is 13.0 Å². The Labute approximate surface area is 125 Å². The van der Waals surface area contributed by atoms with Crippen molar-refractivity contribution in [3.05, 3.63) is 58.8 Å². The van der Waals surface area contributed by atoms with Gasteiger partial charge in [-0.3, -0.25) is 9.78 Å². The van der Waals surface area contributed by atoms with Crippen molar-refractivity contribution in [2.24, 2.45) is 0 Å². The van der Waals surface area contributed by atoms with Crippen LogP contribution in [0.3, 0.4) is 0 Å². The van der Waals surface area contributed by atoms with Crippen LogP contribution in [0.5, 0.6) is 0 Å². The normalized spacial score (nSPS) is 11.0. The number of anilines is 1. The molecule has 0 atom stereocenters. The Morgan fingerprint density at radius 3 is 2.86 bits per heavy atom. The maximum absolute atomic E-state index is 11.6. The SMILES string of the molecule is CN(CCCn1cc(N)ccc1=O)CCc1ccccn1. The van der Waals surface area contributed by atoms with E-state index in [4.69, 9.17) is 5.73 Å². The molecule has 0 aliphatic carbocycles. The Bertz CT molecular complexity index is 609. The predicted molar refractivity (Wildman–Crippen MR) is 85.2 cm³/mol. The van der Waals surface area contributed by atoms with Crippen molar-refractivity contribution in [1.29, 1.82) is 0 Å². The highest BCUT2D eigenvalue weighted by Gasteiger charge is 2.01. The molecule has 0 aliphatic heterocycles. The standard InChI is InChI=1S/C16H22N4O/c1-19(12-8-15-5-2-3-9-18-15)10-4-11-20-13-14(17)6-7-16(20)21/h2-3,5-7,9,13H,4,8,10-12,17H2,1H3. The third-order valence-electron chi connectivity index (χ3n) is 3.42. The van der Waals surface area contributed by atoms with E-state index in [1.54, 1.807) is 16.8 Å². The van der Waals surface area contributed by atoms with Crippen LogP contribution in [0.25, 0.3) is 0 Å². The van der Waals surface area contributed by atoms with Gasteiger partial charge in [-0.1, -0.05) is 6.07 Å². The first-order valence-corrected chi connectivity index (χ1v) is 7.19. The van der Waals surface area contributed by atoms with Crippen LogP contribution < -0.4 is 11.3 Å². The fourth-order valence-electron chi connectivity index (χ4n) is 2.20. The van der Waals surface area contributed by atoms with Gasteiger partial charge in [0.1, 0.15) is 0 Å². The summed E-state index contributed by atoms with van der Waals surface area (Å²) in [5, 5.41) is 0. The Balaban J connectivity index is 1.73. The zero-order valence-electron chi connectivity index (χ0n) is 12.4. The summed E-state index contributed by atoms with van der Waals surface area (Å²) in [6.07, 6.45) is 5.38. The molecule has 0 aromatic carbocycles. The Morgan fingerprint density at radius 1 is 1.24 bits per heavy atom. The van der Waals surface area contributed by atoms with Crippen molar-refractivity contribution in [1.82, 2.24) is 14.5 Å². The van der Waals surface area contributed by atoms with Gasteiger partial charge in [0.2, 0.25) is 0 Å². The number of hydrogen-bond acceptors (Lipinski definition) is 4. The van der Waals surface area contributed by atoms with Crippen molar-refractivity contribution >= 4 is 5.69 Å². The molecule has 112 valence electrons. The highest BCUT2D eigenvalue weighted by atomic mass is 16.1. The summed E-state index contributed by atoms with van der Waals surface area (Å²) < 4.78 is 1.67. The molecule has 5 nitrogen and oxygen atoms in total. The van der Waals surface area contributed by atoms with Gasteiger partial charge in [0.05, 0.1) is 0 Å². The first kappa shape index (κ1) is 15.3. The fourth-order valence-corrected chi connectivity index (χ4v) is 2.20. The lowest BCUT2D eigenvalue weighted by Crippen LogP contribution is -2.25. The molecular formula is C16H22N4O. The van der Waals surface area contributed by atoms with E-state index in [2.05, 4.69) is 16.9 Å². The molecule has 0 fully saturated rings. The molecule has 2 N–H and O–H groups in total. The smallest absolute Gasteiger partial charge is 0.250 e. The van der Waals surface area contributed by atoms with Gasteiger partial charge in [0.25, 0.3) is 5.56 Å². The van der Waals surface area contributed by atoms with Crippen molar-refractivity contribution < 1.29 is 0 Å². The van der Waals surface area contributed by atoms with Crippen LogP contribution in [-0.4, -0.2) is 34.6 Å². The second-order valence-corrected chi connectivity index (χ2v) is 5.22. The summed E-state index contributed by atoms with van der Waals surface area (Å²) in [5.74, 6) is 0. The first-order valence-electron chi connectivity index (χ1n) is 7.19. The molecular weight excluding hydrogens is 264 g/mol. The van der Waals surface area contributed by atoms with E-state index in [1.807, 2.05) is 24.4 Å². The fraction of sp³-hybridized carbons (Fsp3) is 0.375. The molecule has 2 rings (SSSR count). The van der Waals surface area contributed by atoms with E-state index in [0.29, 0.717) is 12.2 Å². The van der Waals surface area contributed by atoms with E-state index in [-0.39, 0.29) is 5.56 Å². The molecule has 0 amide bonds. The highest BCUT2D eigenvalue weighted by Crippen LogP contribution is 2.00. The number of hydrogen-bond donors (Lipinski definition) is 1. The lowest BCUT2D eigenvalue weighted by Gasteiger charge is -2.16. The Hall–Kier alpha value is -2.14. The van der Waals surface area contributed by atoms with Crippen molar-refractivity contribution in [3.8, 4) is 0 Å². The average molecular weight is 286 g/mol. The first-order chi connectivity index (χ1) is 10.1. The molecule has 21 heavy (non-hydrogen) atoms. The summed E-state index contributed by atoms with van der Waals surface area (Å²) in [7, 11) is 2.09. The van der Waals surface area contributed by atoms with Gasteiger partial charge in [0.15, 0.2) is 0 Å². The lowest BCUT2D eigenvalue weighted by atomic mass is 10.2. The lowest BCUT2D eigenvalue weighted by molar-refractivity contribution is 0.323. The number of likely N-dealkylation sites (N-methyl/N-ethyl adjacent to an activating group) is 1. The third kappa shape index (κ3) is 5.04. The summed E-state index contributed by atoms with van der Waals surface area (Å²) >= 11 is 0. The molecule has 0 aliphatic rings. The highest BCUT2D eigenvalue weighted by molar-refractivity contribution is 5.33. The number of nitrogens with two attached hydrogens (primary N) is 1. The second-order valence-electron chi connectivity index (χ2n) is 5.22. The number of rotatable bonds is 7. The molecule has 5 heteroatoms. The van der Waals surface area contributed by atoms with Gasteiger partial charge in [0, 0.05) is 49.4 Å². The van der Waals surface area contributed by atoms with Crippen LogP contribution in [0.4, 0.5) is 5.69 Å². The van der Waals surface area contributed by atoms with Crippen molar-refractivity contribution in [2.75, 3.05) is 25.9 Å². The molecule has 0 radical (unpaired) electrons. The van der Waals surface area contributed by atoms with Crippen LogP contribution >= 0.6 is 0 Å². The van der Waals surface area contributed by atoms with Gasteiger partial charge in [-0.25, -0.2) is 0 Å². The summed E-state index contributed by atoms with van der Waals surface area (Å²) in [5.41, 5.74) is 7.43. The molecule has 0 saturated carbocycles. The van der Waals surface area contributed by atoms with Crippen molar-refractivity contribution in [2.45, 2.75) is 19.4 Å².